The number of hydrogen-bond acceptors (Lipinski definition) is 3. The van der Waals surface area contributed by atoms with Crippen molar-refractivity contribution in [1.82, 2.24) is 0 Å². The molecule has 0 saturated heterocycles. The van der Waals surface area contributed by atoms with E-state index < -0.39 is 0 Å². The van der Waals surface area contributed by atoms with Crippen molar-refractivity contribution in [3.05, 3.63) is 23.8 Å². The van der Waals surface area contributed by atoms with Crippen LogP contribution in [-0.2, 0) is 6.42 Å². The van der Waals surface area contributed by atoms with Crippen molar-refractivity contribution in [2.75, 3.05) is 19.8 Å². The van der Waals surface area contributed by atoms with E-state index in [0.29, 0.717) is 0 Å². The first-order valence-electron chi connectivity index (χ1n) is 15.9. The van der Waals surface area contributed by atoms with Gasteiger partial charge in [0.05, 0.1) is 13.2 Å². The third-order valence-electron chi connectivity index (χ3n) is 7.19. The Hall–Kier alpha value is -1.22. The zero-order chi connectivity index (χ0) is 25.9. The van der Waals surface area contributed by atoms with Crippen LogP contribution in [-0.4, -0.2) is 19.8 Å². The van der Waals surface area contributed by atoms with E-state index in [1.54, 1.807) is 0 Å². The number of hydrogen-bond donors (Lipinski definition) is 1. The van der Waals surface area contributed by atoms with Gasteiger partial charge >= 0.3 is 0 Å². The summed E-state index contributed by atoms with van der Waals surface area (Å²) in [6.07, 6.45) is 28.9. The van der Waals surface area contributed by atoms with E-state index in [9.17, 15) is 0 Å². The van der Waals surface area contributed by atoms with Crippen LogP contribution in [0, 0.1) is 0 Å². The molecule has 3 nitrogen and oxygen atoms in total. The monoisotopic (exact) mass is 503 g/mol. The molecule has 0 aliphatic carbocycles. The highest BCUT2D eigenvalue weighted by molar-refractivity contribution is 5.43. The van der Waals surface area contributed by atoms with Gasteiger partial charge in [0.15, 0.2) is 11.5 Å². The molecule has 0 aromatic heterocycles. The predicted octanol–water partition coefficient (Wildman–Crippen LogP) is 10.2. The van der Waals surface area contributed by atoms with Crippen molar-refractivity contribution in [1.29, 1.82) is 0 Å². The number of aryl methyl sites for hydroxylation is 1. The second-order valence-corrected chi connectivity index (χ2v) is 10.7. The highest BCUT2D eigenvalue weighted by Gasteiger charge is 2.08. The molecular weight excluding hydrogens is 442 g/mol. The van der Waals surface area contributed by atoms with Gasteiger partial charge in [-0.2, -0.15) is 0 Å². The van der Waals surface area contributed by atoms with E-state index in [1.165, 1.54) is 121 Å². The molecule has 0 unspecified atom stereocenters. The smallest absolute Gasteiger partial charge is 0.161 e. The van der Waals surface area contributed by atoms with Gasteiger partial charge in [-0.3, -0.25) is 0 Å². The number of unbranched alkanes of at least 4 members (excludes halogenated alkanes) is 18. The lowest BCUT2D eigenvalue weighted by Crippen LogP contribution is -2.04. The van der Waals surface area contributed by atoms with Gasteiger partial charge in [0.1, 0.15) is 0 Å². The Balaban J connectivity index is 2.24. The van der Waals surface area contributed by atoms with E-state index in [2.05, 4.69) is 32.0 Å². The summed E-state index contributed by atoms with van der Waals surface area (Å²) in [6, 6.07) is 6.47. The Morgan fingerprint density at radius 1 is 0.500 bits per heavy atom. The Morgan fingerprint density at radius 2 is 0.917 bits per heavy atom. The maximum Gasteiger partial charge on any atom is 0.161 e. The summed E-state index contributed by atoms with van der Waals surface area (Å²) in [5.41, 5.74) is 7.01. The summed E-state index contributed by atoms with van der Waals surface area (Å²) in [4.78, 5) is 0. The molecule has 0 heterocycles. The Morgan fingerprint density at radius 3 is 1.36 bits per heavy atom. The molecular formula is C33H61NO2. The van der Waals surface area contributed by atoms with Crippen LogP contribution < -0.4 is 15.2 Å². The molecule has 0 fully saturated rings. The molecule has 1 rings (SSSR count). The van der Waals surface area contributed by atoms with Crippen molar-refractivity contribution in [3.63, 3.8) is 0 Å². The SMILES string of the molecule is CCCCCCCCCCCCOc1ccc(CCCN)cc1OCCCCCCCCCCCC. The minimum absolute atomic E-state index is 0.728. The van der Waals surface area contributed by atoms with Crippen LogP contribution in [0.4, 0.5) is 0 Å². The van der Waals surface area contributed by atoms with Crippen LogP contribution >= 0.6 is 0 Å². The molecule has 0 aliphatic rings. The highest BCUT2D eigenvalue weighted by atomic mass is 16.5. The number of benzene rings is 1. The summed E-state index contributed by atoms with van der Waals surface area (Å²) >= 11 is 0. The van der Waals surface area contributed by atoms with E-state index in [4.69, 9.17) is 15.2 Å². The predicted molar refractivity (Wildman–Crippen MR) is 158 cm³/mol. The fraction of sp³-hybridized carbons (Fsp3) is 0.818. The maximum absolute atomic E-state index is 6.22. The van der Waals surface area contributed by atoms with Crippen molar-refractivity contribution >= 4 is 0 Å². The summed E-state index contributed by atoms with van der Waals surface area (Å²) in [6.45, 7) is 6.86. The van der Waals surface area contributed by atoms with Crippen LogP contribution in [0.5, 0.6) is 11.5 Å². The zero-order valence-electron chi connectivity index (χ0n) is 24.3. The molecule has 0 amide bonds. The number of ether oxygens (including phenoxy) is 2. The summed E-state index contributed by atoms with van der Waals surface area (Å²) in [5.74, 6) is 1.84. The number of rotatable bonds is 27. The van der Waals surface area contributed by atoms with Crippen molar-refractivity contribution in [2.45, 2.75) is 155 Å². The van der Waals surface area contributed by atoms with Crippen LogP contribution in [0.1, 0.15) is 154 Å². The third-order valence-corrected chi connectivity index (χ3v) is 7.19. The average Bonchev–Trinajstić information content (AvgIpc) is 2.90. The lowest BCUT2D eigenvalue weighted by molar-refractivity contribution is 0.258. The number of nitrogens with two attached hydrogens (primary N) is 1. The van der Waals surface area contributed by atoms with Gasteiger partial charge in [0, 0.05) is 0 Å². The Bertz CT molecular complexity index is 589. The summed E-state index contributed by atoms with van der Waals surface area (Å²) in [5, 5.41) is 0. The lowest BCUT2D eigenvalue weighted by Gasteiger charge is -2.14. The molecule has 0 spiro atoms. The van der Waals surface area contributed by atoms with Gasteiger partial charge < -0.3 is 15.2 Å². The van der Waals surface area contributed by atoms with Crippen LogP contribution in [0.2, 0.25) is 0 Å². The van der Waals surface area contributed by atoms with E-state index >= 15 is 0 Å². The van der Waals surface area contributed by atoms with Gasteiger partial charge in [-0.25, -0.2) is 0 Å². The molecule has 0 radical (unpaired) electrons. The molecule has 0 atom stereocenters. The standard InChI is InChI=1S/C33H61NO2/c1-3-5-7-9-11-13-15-17-19-21-28-35-32-26-25-31(24-23-27-34)30-33(32)36-29-22-20-18-16-14-12-10-8-6-4-2/h25-26,30H,3-24,27-29,34H2,1-2H3. The van der Waals surface area contributed by atoms with Gasteiger partial charge in [0.25, 0.3) is 0 Å². The van der Waals surface area contributed by atoms with Gasteiger partial charge in [0.2, 0.25) is 0 Å². The van der Waals surface area contributed by atoms with Crippen molar-refractivity contribution in [2.24, 2.45) is 5.73 Å². The first-order chi connectivity index (χ1) is 17.8. The molecule has 0 saturated carbocycles. The van der Waals surface area contributed by atoms with Crippen LogP contribution in [0.3, 0.4) is 0 Å². The first kappa shape index (κ1) is 32.8. The molecule has 0 bridgehead atoms. The largest absolute Gasteiger partial charge is 0.490 e. The topological polar surface area (TPSA) is 44.5 Å². The van der Waals surface area contributed by atoms with Crippen molar-refractivity contribution < 1.29 is 9.47 Å². The van der Waals surface area contributed by atoms with E-state index in [0.717, 1.165) is 56.9 Å². The lowest BCUT2D eigenvalue weighted by atomic mass is 10.1. The van der Waals surface area contributed by atoms with E-state index in [-0.39, 0.29) is 0 Å². The zero-order valence-corrected chi connectivity index (χ0v) is 24.3. The molecule has 1 aromatic rings. The van der Waals surface area contributed by atoms with E-state index in [1.807, 2.05) is 0 Å². The van der Waals surface area contributed by atoms with Crippen LogP contribution in [0.15, 0.2) is 18.2 Å². The Labute approximate surface area is 225 Å². The maximum atomic E-state index is 6.22. The third kappa shape index (κ3) is 19.0. The van der Waals surface area contributed by atoms with Gasteiger partial charge in [-0.05, 0) is 49.9 Å². The molecule has 2 N–H and O–H groups in total. The highest BCUT2D eigenvalue weighted by Crippen LogP contribution is 2.29. The quantitative estimate of drug-likeness (QED) is 0.121. The van der Waals surface area contributed by atoms with Crippen LogP contribution in [0.25, 0.3) is 0 Å². The molecule has 210 valence electrons. The minimum atomic E-state index is 0.728. The molecule has 36 heavy (non-hydrogen) atoms. The fourth-order valence-corrected chi connectivity index (χ4v) is 4.79. The second-order valence-electron chi connectivity index (χ2n) is 10.7. The molecule has 3 heteroatoms. The van der Waals surface area contributed by atoms with Gasteiger partial charge in [-0.1, -0.05) is 135 Å². The average molecular weight is 504 g/mol. The summed E-state index contributed by atoms with van der Waals surface area (Å²) in [7, 11) is 0. The first-order valence-corrected chi connectivity index (χ1v) is 15.9. The van der Waals surface area contributed by atoms with Gasteiger partial charge in [-0.15, -0.1) is 0 Å². The Kier molecular flexibility index (Phi) is 23.2. The van der Waals surface area contributed by atoms with Crippen molar-refractivity contribution in [3.8, 4) is 11.5 Å². The fourth-order valence-electron chi connectivity index (χ4n) is 4.79. The normalized spacial score (nSPS) is 11.2. The second kappa shape index (κ2) is 25.4. The minimum Gasteiger partial charge on any atom is -0.490 e. The molecule has 0 aliphatic heterocycles. The summed E-state index contributed by atoms with van der Waals surface area (Å²) < 4.78 is 12.4. The molecule has 1 aromatic carbocycles.